The number of aliphatic hydroxyl groups excluding tert-OH is 1. The molecule has 0 aliphatic heterocycles. The molecule has 21 heavy (non-hydrogen) atoms. The minimum atomic E-state index is -1.07. The highest BCUT2D eigenvalue weighted by atomic mass is 16.4. The minimum Gasteiger partial charge on any atom is -0.511 e. The van der Waals surface area contributed by atoms with E-state index in [0.29, 0.717) is 6.42 Å². The van der Waals surface area contributed by atoms with Crippen LogP contribution < -0.4 is 0 Å². The standard InChI is InChI=1S/C16H17NO4/c1-10(16(20)21)17-9-13-14(18)7-12(8-15(13)19)11-5-3-2-4-6-11/h2-6,9-10,12,18H,7-8H2,1H3,(H,20,21)/t10-,12?/m0/s1. The molecule has 110 valence electrons. The first-order valence-corrected chi connectivity index (χ1v) is 6.75. The molecule has 0 aromatic heterocycles. The molecular weight excluding hydrogens is 270 g/mol. The lowest BCUT2D eigenvalue weighted by Gasteiger charge is -2.22. The molecule has 0 fully saturated rings. The number of carboxylic acids is 1. The lowest BCUT2D eigenvalue weighted by atomic mass is 9.83. The van der Waals surface area contributed by atoms with Crippen molar-refractivity contribution in [3.63, 3.8) is 0 Å². The summed E-state index contributed by atoms with van der Waals surface area (Å²) in [5.41, 5.74) is 1.13. The van der Waals surface area contributed by atoms with Gasteiger partial charge in [-0.25, -0.2) is 4.79 Å². The zero-order valence-corrected chi connectivity index (χ0v) is 11.7. The summed E-state index contributed by atoms with van der Waals surface area (Å²) < 4.78 is 0. The fourth-order valence-electron chi connectivity index (χ4n) is 2.27. The molecular formula is C16H17NO4. The number of allylic oxidation sites excluding steroid dienone is 2. The molecule has 0 spiro atoms. The predicted molar refractivity (Wildman–Crippen MR) is 78.7 cm³/mol. The minimum absolute atomic E-state index is 0.0264. The van der Waals surface area contributed by atoms with Gasteiger partial charge in [-0.15, -0.1) is 0 Å². The van der Waals surface area contributed by atoms with Gasteiger partial charge in [-0.2, -0.15) is 0 Å². The topological polar surface area (TPSA) is 87.0 Å². The lowest BCUT2D eigenvalue weighted by molar-refractivity contribution is -0.138. The van der Waals surface area contributed by atoms with Crippen LogP contribution in [0.2, 0.25) is 0 Å². The molecule has 0 saturated carbocycles. The lowest BCUT2D eigenvalue weighted by Crippen LogP contribution is -2.20. The Bertz CT molecular complexity index is 604. The molecule has 5 heteroatoms. The zero-order valence-electron chi connectivity index (χ0n) is 11.7. The van der Waals surface area contributed by atoms with Crippen LogP contribution in [0.25, 0.3) is 0 Å². The Labute approximate surface area is 122 Å². The van der Waals surface area contributed by atoms with Gasteiger partial charge in [0.1, 0.15) is 11.8 Å². The normalized spacial score (nSPS) is 20.8. The molecule has 1 aliphatic carbocycles. The van der Waals surface area contributed by atoms with Crippen molar-refractivity contribution < 1.29 is 19.8 Å². The van der Waals surface area contributed by atoms with Crippen LogP contribution in [0.15, 0.2) is 46.7 Å². The van der Waals surface area contributed by atoms with Crippen LogP contribution in [0.5, 0.6) is 0 Å². The van der Waals surface area contributed by atoms with Crippen LogP contribution >= 0.6 is 0 Å². The summed E-state index contributed by atoms with van der Waals surface area (Å²) in [6.07, 6.45) is 1.83. The maximum atomic E-state index is 12.1. The number of carbonyl (C=O) groups is 2. The summed E-state index contributed by atoms with van der Waals surface area (Å²) in [6, 6.07) is 8.60. The fourth-order valence-corrected chi connectivity index (χ4v) is 2.27. The van der Waals surface area contributed by atoms with E-state index in [1.165, 1.54) is 13.1 Å². The molecule has 5 nitrogen and oxygen atoms in total. The van der Waals surface area contributed by atoms with Crippen molar-refractivity contribution >= 4 is 18.0 Å². The monoisotopic (exact) mass is 287 g/mol. The van der Waals surface area contributed by atoms with Crippen molar-refractivity contribution in [2.75, 3.05) is 0 Å². The maximum Gasteiger partial charge on any atom is 0.328 e. The number of benzene rings is 1. The van der Waals surface area contributed by atoms with E-state index >= 15 is 0 Å². The Kier molecular flexibility index (Phi) is 4.52. The van der Waals surface area contributed by atoms with Gasteiger partial charge < -0.3 is 10.2 Å². The van der Waals surface area contributed by atoms with Gasteiger partial charge in [0.05, 0.1) is 5.57 Å². The number of Topliss-reactive ketones (excluding diaryl/α,β-unsaturated/α-hetero) is 1. The number of aliphatic imine (C=N–C) groups is 1. The Morgan fingerprint density at radius 2 is 2.00 bits per heavy atom. The van der Waals surface area contributed by atoms with Gasteiger partial charge in [0.25, 0.3) is 0 Å². The third-order valence-electron chi connectivity index (χ3n) is 3.54. The average molecular weight is 287 g/mol. The molecule has 1 unspecified atom stereocenters. The van der Waals surface area contributed by atoms with Crippen molar-refractivity contribution in [3.05, 3.63) is 47.2 Å². The molecule has 2 atom stereocenters. The Hall–Kier alpha value is -2.43. The van der Waals surface area contributed by atoms with E-state index in [-0.39, 0.29) is 29.5 Å². The number of carbonyl (C=O) groups excluding carboxylic acids is 1. The van der Waals surface area contributed by atoms with Crippen LogP contribution in [0.4, 0.5) is 0 Å². The summed E-state index contributed by atoms with van der Waals surface area (Å²) >= 11 is 0. The molecule has 1 aliphatic rings. The quantitative estimate of drug-likeness (QED) is 0.833. The molecule has 0 amide bonds. The van der Waals surface area contributed by atoms with E-state index < -0.39 is 12.0 Å². The Morgan fingerprint density at radius 1 is 1.33 bits per heavy atom. The van der Waals surface area contributed by atoms with Gasteiger partial charge in [0.15, 0.2) is 5.78 Å². The van der Waals surface area contributed by atoms with E-state index in [1.807, 2.05) is 30.3 Å². The van der Waals surface area contributed by atoms with Crippen LogP contribution in [-0.4, -0.2) is 34.2 Å². The van der Waals surface area contributed by atoms with Crippen molar-refractivity contribution in [2.24, 2.45) is 4.99 Å². The first kappa shape index (κ1) is 15.0. The first-order chi connectivity index (χ1) is 9.99. The van der Waals surface area contributed by atoms with Crippen LogP contribution in [0, 0.1) is 0 Å². The number of hydrogen-bond acceptors (Lipinski definition) is 4. The van der Waals surface area contributed by atoms with Crippen LogP contribution in [0.1, 0.15) is 31.2 Å². The van der Waals surface area contributed by atoms with Gasteiger partial charge in [-0.3, -0.25) is 9.79 Å². The van der Waals surface area contributed by atoms with Crippen LogP contribution in [0.3, 0.4) is 0 Å². The van der Waals surface area contributed by atoms with Gasteiger partial charge >= 0.3 is 5.97 Å². The smallest absolute Gasteiger partial charge is 0.328 e. The van der Waals surface area contributed by atoms with E-state index in [4.69, 9.17) is 5.11 Å². The van der Waals surface area contributed by atoms with Gasteiger partial charge in [0.2, 0.25) is 0 Å². The summed E-state index contributed by atoms with van der Waals surface area (Å²) in [7, 11) is 0. The van der Waals surface area contributed by atoms with Gasteiger partial charge in [-0.1, -0.05) is 30.3 Å². The Balaban J connectivity index is 2.18. The predicted octanol–water partition coefficient (Wildman–Crippen LogP) is 2.49. The average Bonchev–Trinajstić information content (AvgIpc) is 2.46. The summed E-state index contributed by atoms with van der Waals surface area (Å²) in [5, 5.41) is 18.8. The SMILES string of the molecule is C[C@H](N=CC1=C(O)CC(c2ccccc2)CC1=O)C(=O)O. The second kappa shape index (κ2) is 6.35. The number of carboxylic acid groups (broad SMARTS) is 1. The number of aliphatic hydroxyl groups is 1. The second-order valence-corrected chi connectivity index (χ2v) is 5.09. The highest BCUT2D eigenvalue weighted by molar-refractivity contribution is 6.14. The summed E-state index contributed by atoms with van der Waals surface area (Å²) in [6.45, 7) is 1.41. The largest absolute Gasteiger partial charge is 0.511 e. The molecule has 1 aromatic rings. The number of nitrogens with zero attached hydrogens (tertiary/aromatic N) is 1. The van der Waals surface area contributed by atoms with Crippen molar-refractivity contribution in [3.8, 4) is 0 Å². The number of hydrogen-bond donors (Lipinski definition) is 2. The molecule has 2 N–H and O–H groups in total. The second-order valence-electron chi connectivity index (χ2n) is 5.09. The summed E-state index contributed by atoms with van der Waals surface area (Å²) in [5.74, 6) is -1.36. The molecule has 0 radical (unpaired) electrons. The van der Waals surface area contributed by atoms with Crippen molar-refractivity contribution in [1.82, 2.24) is 0 Å². The van der Waals surface area contributed by atoms with E-state index in [9.17, 15) is 14.7 Å². The van der Waals surface area contributed by atoms with Gasteiger partial charge in [-0.05, 0) is 18.4 Å². The highest BCUT2D eigenvalue weighted by Gasteiger charge is 2.27. The highest BCUT2D eigenvalue weighted by Crippen LogP contribution is 2.32. The van der Waals surface area contributed by atoms with E-state index in [2.05, 4.69) is 4.99 Å². The molecule has 0 heterocycles. The number of ketones is 1. The molecule has 1 aromatic carbocycles. The molecule has 0 bridgehead atoms. The fraction of sp³-hybridized carbons (Fsp3) is 0.312. The van der Waals surface area contributed by atoms with Crippen LogP contribution in [-0.2, 0) is 9.59 Å². The molecule has 0 saturated heterocycles. The maximum absolute atomic E-state index is 12.1. The number of aliphatic carboxylic acids is 1. The van der Waals surface area contributed by atoms with Gasteiger partial charge in [0, 0.05) is 19.1 Å². The Morgan fingerprint density at radius 3 is 2.57 bits per heavy atom. The third-order valence-corrected chi connectivity index (χ3v) is 3.54. The third kappa shape index (κ3) is 3.56. The van der Waals surface area contributed by atoms with Crippen molar-refractivity contribution in [1.29, 1.82) is 0 Å². The molecule has 2 rings (SSSR count). The van der Waals surface area contributed by atoms with E-state index in [1.54, 1.807) is 0 Å². The zero-order chi connectivity index (χ0) is 15.4. The van der Waals surface area contributed by atoms with E-state index in [0.717, 1.165) is 5.56 Å². The summed E-state index contributed by atoms with van der Waals surface area (Å²) in [4.78, 5) is 26.6. The van der Waals surface area contributed by atoms with Crippen molar-refractivity contribution in [2.45, 2.75) is 31.7 Å². The number of rotatable bonds is 4. The first-order valence-electron chi connectivity index (χ1n) is 6.75.